The van der Waals surface area contributed by atoms with Crippen LogP contribution in [-0.4, -0.2) is 15.0 Å². The Bertz CT molecular complexity index is 4310. The van der Waals surface area contributed by atoms with Gasteiger partial charge in [0.1, 0.15) is 0 Å². The molecule has 2 aliphatic rings. The molecule has 83 heavy (non-hydrogen) atoms. The van der Waals surface area contributed by atoms with Crippen molar-refractivity contribution in [3.8, 4) is 79.3 Å². The molecule has 3 heterocycles. The van der Waals surface area contributed by atoms with Gasteiger partial charge in [-0.2, -0.15) is 10.5 Å². The van der Waals surface area contributed by atoms with Crippen molar-refractivity contribution in [3.05, 3.63) is 270 Å². The monoisotopic (exact) mass is 1240 g/mol. The van der Waals surface area contributed by atoms with E-state index in [9.17, 15) is 10.5 Å². The van der Waals surface area contributed by atoms with Crippen molar-refractivity contribution in [2.75, 3.05) is 0 Å². The summed E-state index contributed by atoms with van der Waals surface area (Å²) in [6.45, 7) is 0. The van der Waals surface area contributed by atoms with E-state index in [1.807, 2.05) is 36.4 Å². The van der Waals surface area contributed by atoms with E-state index in [1.165, 1.54) is 60.1 Å². The van der Waals surface area contributed by atoms with E-state index < -0.39 is 0 Å². The Labute approximate surface area is 499 Å². The van der Waals surface area contributed by atoms with Crippen LogP contribution in [0.25, 0.3) is 99.5 Å². The van der Waals surface area contributed by atoms with Gasteiger partial charge in [0.05, 0.1) is 12.1 Å². The first-order chi connectivity index (χ1) is 40.4. The maximum absolute atomic E-state index is 9.67. The summed E-state index contributed by atoms with van der Waals surface area (Å²) in [5.41, 5.74) is 18.1. The number of nitrogens with zero attached hydrogens (tertiary/aromatic N) is 5. The van der Waals surface area contributed by atoms with Crippen LogP contribution in [0, 0.1) is 40.9 Å². The van der Waals surface area contributed by atoms with E-state index in [4.69, 9.17) is 15.0 Å². The summed E-state index contributed by atoms with van der Waals surface area (Å²) in [7, 11) is 0. The zero-order chi connectivity index (χ0) is 55.0. The molecular formula is C77H56IrN5. The van der Waals surface area contributed by atoms with Crippen LogP contribution in [-0.2, 0) is 43.8 Å². The number of benzene rings is 9. The van der Waals surface area contributed by atoms with Crippen molar-refractivity contribution in [1.29, 1.82) is 10.5 Å². The molecule has 2 aliphatic carbocycles. The van der Waals surface area contributed by atoms with Crippen molar-refractivity contribution in [2.45, 2.75) is 75.0 Å². The number of pyridine rings is 3. The number of hydrogen-bond acceptors (Lipinski definition) is 5. The molecule has 2 fully saturated rings. The molecule has 0 radical (unpaired) electrons. The summed E-state index contributed by atoms with van der Waals surface area (Å²) < 4.78 is 0. The van der Waals surface area contributed by atoms with Gasteiger partial charge in [-0.15, -0.1) is 95.6 Å². The number of fused-ring (bicyclic) bond motifs is 6. The Morgan fingerprint density at radius 1 is 0.373 bits per heavy atom. The van der Waals surface area contributed by atoms with Gasteiger partial charge in [0.15, 0.2) is 0 Å². The third-order valence-corrected chi connectivity index (χ3v) is 17.9. The number of aromatic nitrogens is 3. The summed E-state index contributed by atoms with van der Waals surface area (Å²) >= 11 is 0. The number of hydrogen-bond donors (Lipinski definition) is 0. The molecular weight excluding hydrogens is 1190 g/mol. The second-order valence-corrected chi connectivity index (χ2v) is 22.7. The standard InChI is InChI=1S/C77H56N5.Ir/c78-47-52-16-14-20-58(39-52)73-32-29-61(49-80-73)76(34-10-11-35-76)45-54-38-55(46-77(36-12-13-37-77)62-30-33-74(81-50-62)59-21-15-17-53(40-59)48-79)42-60(41-54)63-22-4-5-23-64(63)72-51-82-75(56-18-2-1-3-19-56)44-70(72)57-28-31-69-67-26-7-6-24-65(67)66-25-8-9-27-68(66)71(69)43-57;/h1-9,14-18,22-33,38-44,49-51H,10-13,34-37,45-46H2;/q-3;+3. The third kappa shape index (κ3) is 10.1. The van der Waals surface area contributed by atoms with Crippen molar-refractivity contribution in [1.82, 2.24) is 15.0 Å². The summed E-state index contributed by atoms with van der Waals surface area (Å²) in [6, 6.07) is 85.8. The van der Waals surface area contributed by atoms with Crippen LogP contribution in [0.3, 0.4) is 0 Å². The fourth-order valence-corrected chi connectivity index (χ4v) is 13.9. The van der Waals surface area contributed by atoms with Crippen LogP contribution in [0.4, 0.5) is 0 Å². The number of nitriles is 2. The quantitative estimate of drug-likeness (QED) is 0.0899. The van der Waals surface area contributed by atoms with Gasteiger partial charge in [0.2, 0.25) is 0 Å². The van der Waals surface area contributed by atoms with Gasteiger partial charge < -0.3 is 15.0 Å². The molecule has 14 rings (SSSR count). The van der Waals surface area contributed by atoms with Crippen LogP contribution < -0.4 is 0 Å². The fraction of sp³-hybridized carbons (Fsp3) is 0.156. The molecule has 0 atom stereocenters. The van der Waals surface area contributed by atoms with Gasteiger partial charge in [0.25, 0.3) is 0 Å². The van der Waals surface area contributed by atoms with Gasteiger partial charge in [-0.25, -0.2) is 0 Å². The summed E-state index contributed by atoms with van der Waals surface area (Å²) in [5.74, 6) is 0. The van der Waals surface area contributed by atoms with Crippen LogP contribution in [0.2, 0.25) is 0 Å². The normalized spacial score (nSPS) is 14.3. The molecule has 0 bridgehead atoms. The zero-order valence-electron chi connectivity index (χ0n) is 45.9. The largest absolute Gasteiger partial charge is 3.00 e. The van der Waals surface area contributed by atoms with E-state index in [2.05, 4.69) is 201 Å². The molecule has 0 amide bonds. The average Bonchev–Trinajstić information content (AvgIpc) is 3.93. The first-order valence-electron chi connectivity index (χ1n) is 28.7. The first-order valence-corrected chi connectivity index (χ1v) is 28.7. The van der Waals surface area contributed by atoms with E-state index in [0.29, 0.717) is 11.1 Å². The molecule has 2 saturated carbocycles. The predicted octanol–water partition coefficient (Wildman–Crippen LogP) is 18.6. The molecule has 6 heteroatoms. The minimum absolute atomic E-state index is 0. The Kier molecular flexibility index (Phi) is 14.5. The van der Waals surface area contributed by atoms with Gasteiger partial charge in [-0.05, 0) is 155 Å². The molecule has 12 aromatic rings. The zero-order valence-corrected chi connectivity index (χ0v) is 48.3. The molecule has 0 N–H and O–H groups in total. The van der Waals surface area contributed by atoms with Crippen LogP contribution in [0.15, 0.2) is 219 Å². The van der Waals surface area contributed by atoms with Gasteiger partial charge in [-0.1, -0.05) is 159 Å². The summed E-state index contributed by atoms with van der Waals surface area (Å²) in [6.07, 6.45) is 17.0. The van der Waals surface area contributed by atoms with E-state index in [0.717, 1.165) is 126 Å². The van der Waals surface area contributed by atoms with Crippen LogP contribution >= 0.6 is 0 Å². The molecule has 5 nitrogen and oxygen atoms in total. The maximum atomic E-state index is 9.67. The second-order valence-electron chi connectivity index (χ2n) is 22.7. The average molecular weight is 1240 g/mol. The smallest absolute Gasteiger partial charge is 0.304 e. The van der Waals surface area contributed by atoms with Crippen molar-refractivity contribution >= 4 is 32.3 Å². The van der Waals surface area contributed by atoms with Crippen molar-refractivity contribution in [3.63, 3.8) is 0 Å². The van der Waals surface area contributed by atoms with Gasteiger partial charge in [0, 0.05) is 35.0 Å². The van der Waals surface area contributed by atoms with Gasteiger partial charge in [-0.3, -0.25) is 0 Å². The maximum Gasteiger partial charge on any atom is 3.00 e. The Hall–Kier alpha value is -9.16. The van der Waals surface area contributed by atoms with Crippen molar-refractivity contribution < 1.29 is 20.1 Å². The number of rotatable bonds is 12. The Morgan fingerprint density at radius 2 is 0.867 bits per heavy atom. The predicted molar refractivity (Wildman–Crippen MR) is 331 cm³/mol. The molecule has 0 aliphatic heterocycles. The van der Waals surface area contributed by atoms with Crippen LogP contribution in [0.1, 0.15) is 84.7 Å². The Morgan fingerprint density at radius 3 is 1.39 bits per heavy atom. The van der Waals surface area contributed by atoms with Crippen LogP contribution in [0.5, 0.6) is 0 Å². The van der Waals surface area contributed by atoms with E-state index in [-0.39, 0.29) is 30.9 Å². The van der Waals surface area contributed by atoms with Gasteiger partial charge >= 0.3 is 20.1 Å². The molecule has 0 spiro atoms. The third-order valence-electron chi connectivity index (χ3n) is 17.9. The minimum Gasteiger partial charge on any atom is -0.304 e. The molecule has 0 unspecified atom stereocenters. The SMILES string of the molecule is N#Cc1cc[c-]c(-c2ccc(C3(Cc4cc(CC5(c6ccc(-c7[c-]ccc(C#N)c7)nc6)CCCC5)cc(-c5ccccc5-c5cnc(-c6[c-]cccc6)cc5-c5ccc6c7ccccc7c7ccccc7c6c5)c4)CCCC3)cn2)c1.[Ir+3]. The molecule has 9 aromatic carbocycles. The Balaban J connectivity index is 0.00000645. The second kappa shape index (κ2) is 22.6. The fourth-order valence-electron chi connectivity index (χ4n) is 13.9. The van der Waals surface area contributed by atoms with Crippen molar-refractivity contribution in [2.24, 2.45) is 0 Å². The van der Waals surface area contributed by atoms with E-state index >= 15 is 0 Å². The molecule has 398 valence electrons. The minimum atomic E-state index is -0.100. The van der Waals surface area contributed by atoms with E-state index in [1.54, 1.807) is 12.1 Å². The topological polar surface area (TPSA) is 86.2 Å². The first kappa shape index (κ1) is 53.2. The molecule has 3 aromatic heterocycles. The summed E-state index contributed by atoms with van der Waals surface area (Å²) in [4.78, 5) is 15.4. The summed E-state index contributed by atoms with van der Waals surface area (Å²) in [5, 5.41) is 26.8. The molecule has 0 saturated heterocycles.